The number of hydrogen-bond acceptors (Lipinski definition) is 5. The molecule has 4 aromatic carbocycles. The number of rotatable bonds is 5. The number of aromatic hydroxyl groups is 1. The second-order valence-corrected chi connectivity index (χ2v) is 12.3. The molecule has 0 saturated carbocycles. The van der Waals surface area contributed by atoms with Crippen LogP contribution in [0.3, 0.4) is 0 Å². The number of imidazole rings is 1. The molecule has 3 aromatic heterocycles. The van der Waals surface area contributed by atoms with Crippen molar-refractivity contribution in [1.29, 1.82) is 5.26 Å². The normalized spacial score (nSPS) is 11.2. The van der Waals surface area contributed by atoms with Gasteiger partial charge in [0.25, 0.3) is 0 Å². The van der Waals surface area contributed by atoms with E-state index in [9.17, 15) is 10.4 Å². The Morgan fingerprint density at radius 2 is 1.43 bits per heavy atom. The molecule has 0 amide bonds. The van der Waals surface area contributed by atoms with E-state index in [-0.39, 0.29) is 32.2 Å². The van der Waals surface area contributed by atoms with Crippen molar-refractivity contribution in [3.05, 3.63) is 133 Å². The largest absolute Gasteiger partial charge is 0.507 e. The number of phenolic OH excluding ortho intramolecular Hbond substituents is 1. The third kappa shape index (κ3) is 6.11. The number of nitriles is 1. The second-order valence-electron chi connectivity index (χ2n) is 12.3. The smallest absolute Gasteiger partial charge is 0.122 e. The van der Waals surface area contributed by atoms with Crippen LogP contribution in [0.4, 0.5) is 0 Å². The summed E-state index contributed by atoms with van der Waals surface area (Å²) in [5.41, 5.74) is 9.53. The van der Waals surface area contributed by atoms with Crippen molar-refractivity contribution in [3.63, 3.8) is 0 Å². The van der Waals surface area contributed by atoms with Gasteiger partial charge in [0.15, 0.2) is 0 Å². The van der Waals surface area contributed by atoms with Crippen LogP contribution in [-0.4, -0.2) is 20.1 Å². The van der Waals surface area contributed by atoms with Crippen molar-refractivity contribution in [2.45, 2.75) is 26.2 Å². The van der Waals surface area contributed by atoms with Gasteiger partial charge in [-0.15, -0.1) is 0 Å². The average molecular weight is 792 g/mol. The van der Waals surface area contributed by atoms with Crippen LogP contribution in [0.5, 0.6) is 5.75 Å². The SMILES string of the molecule is CC(C)(C)c1ccc(O)c(-c2nc3cccc(-c4nc(-c5cc(-c6ccccc6)ccn5)cc(C#N)c4-c4ccccc4)c3[n-]2)c1.[Pt]. The summed E-state index contributed by atoms with van der Waals surface area (Å²) in [7, 11) is 0. The molecular weight excluding hydrogens is 762 g/mol. The Balaban J connectivity index is 0.00000386. The van der Waals surface area contributed by atoms with E-state index in [1.165, 1.54) is 0 Å². The van der Waals surface area contributed by atoms with Crippen LogP contribution in [0.25, 0.3) is 67.3 Å². The van der Waals surface area contributed by atoms with Crippen LogP contribution in [0, 0.1) is 11.3 Å². The fraction of sp³-hybridized carbons (Fsp3) is 0.100. The molecule has 6 nitrogen and oxygen atoms in total. The predicted molar refractivity (Wildman–Crippen MR) is 183 cm³/mol. The molecule has 0 aliphatic carbocycles. The van der Waals surface area contributed by atoms with Gasteiger partial charge < -0.3 is 15.1 Å². The van der Waals surface area contributed by atoms with Gasteiger partial charge in [-0.25, -0.2) is 4.98 Å². The molecule has 1 N–H and O–H groups in total. The second kappa shape index (κ2) is 12.8. The van der Waals surface area contributed by atoms with E-state index in [0.717, 1.165) is 27.8 Å². The molecular formula is C40H30N5OPt-. The van der Waals surface area contributed by atoms with Gasteiger partial charge in [-0.2, -0.15) is 5.26 Å². The quantitative estimate of drug-likeness (QED) is 0.187. The monoisotopic (exact) mass is 791 g/mol. The molecule has 232 valence electrons. The summed E-state index contributed by atoms with van der Waals surface area (Å²) in [6.07, 6.45) is 1.77. The van der Waals surface area contributed by atoms with Crippen LogP contribution < -0.4 is 4.98 Å². The Labute approximate surface area is 288 Å². The van der Waals surface area contributed by atoms with E-state index in [1.807, 2.05) is 91.0 Å². The molecule has 7 heteroatoms. The van der Waals surface area contributed by atoms with Gasteiger partial charge in [-0.05, 0) is 74.9 Å². The molecule has 47 heavy (non-hydrogen) atoms. The number of benzene rings is 4. The Morgan fingerprint density at radius 1 is 0.702 bits per heavy atom. The minimum atomic E-state index is -0.117. The molecule has 0 atom stereocenters. The van der Waals surface area contributed by atoms with Crippen molar-refractivity contribution in [1.82, 2.24) is 19.9 Å². The third-order valence-electron chi connectivity index (χ3n) is 8.15. The fourth-order valence-electron chi connectivity index (χ4n) is 5.71. The molecule has 0 aliphatic heterocycles. The van der Waals surface area contributed by atoms with E-state index in [1.54, 1.807) is 18.3 Å². The number of para-hydroxylation sites is 1. The number of fused-ring (bicyclic) bond motifs is 1. The Kier molecular flexibility index (Phi) is 8.60. The van der Waals surface area contributed by atoms with Gasteiger partial charge in [-0.1, -0.05) is 106 Å². The Morgan fingerprint density at radius 3 is 2.13 bits per heavy atom. The number of nitrogens with zero attached hydrogens (tertiary/aromatic N) is 5. The average Bonchev–Trinajstić information content (AvgIpc) is 3.53. The first-order valence-corrected chi connectivity index (χ1v) is 15.1. The van der Waals surface area contributed by atoms with Gasteiger partial charge in [0, 0.05) is 44.0 Å². The summed E-state index contributed by atoms with van der Waals surface area (Å²) >= 11 is 0. The van der Waals surface area contributed by atoms with Gasteiger partial charge in [0.2, 0.25) is 0 Å². The van der Waals surface area contributed by atoms with Gasteiger partial charge in [0.1, 0.15) is 5.75 Å². The van der Waals surface area contributed by atoms with Crippen LogP contribution in [0.2, 0.25) is 0 Å². The summed E-state index contributed by atoms with van der Waals surface area (Å²) in [5, 5.41) is 21.3. The maximum Gasteiger partial charge on any atom is 0.122 e. The number of aromatic nitrogens is 4. The summed E-state index contributed by atoms with van der Waals surface area (Å²) < 4.78 is 0. The Hall–Kier alpha value is -5.37. The molecule has 7 aromatic rings. The number of phenols is 1. The zero-order valence-electron chi connectivity index (χ0n) is 26.0. The van der Waals surface area contributed by atoms with Gasteiger partial charge >= 0.3 is 0 Å². The first kappa shape index (κ1) is 31.6. The summed E-state index contributed by atoms with van der Waals surface area (Å²) in [5.74, 6) is 0.548. The molecule has 0 bridgehead atoms. The molecule has 0 unspecified atom stereocenters. The van der Waals surface area contributed by atoms with Gasteiger partial charge in [0.05, 0.1) is 28.7 Å². The summed E-state index contributed by atoms with van der Waals surface area (Å²) in [6.45, 7) is 6.39. The maximum atomic E-state index is 10.9. The minimum Gasteiger partial charge on any atom is -0.507 e. The van der Waals surface area contributed by atoms with E-state index < -0.39 is 0 Å². The zero-order chi connectivity index (χ0) is 31.8. The van der Waals surface area contributed by atoms with Gasteiger partial charge in [-0.3, -0.25) is 4.98 Å². The van der Waals surface area contributed by atoms with Crippen LogP contribution >= 0.6 is 0 Å². The zero-order valence-corrected chi connectivity index (χ0v) is 28.3. The van der Waals surface area contributed by atoms with Crippen molar-refractivity contribution < 1.29 is 26.2 Å². The number of pyridine rings is 2. The van der Waals surface area contributed by atoms with E-state index in [0.29, 0.717) is 50.6 Å². The van der Waals surface area contributed by atoms with Crippen molar-refractivity contribution in [2.24, 2.45) is 0 Å². The number of hydrogen-bond donors (Lipinski definition) is 1. The first-order chi connectivity index (χ1) is 22.3. The van der Waals surface area contributed by atoms with Crippen molar-refractivity contribution >= 4 is 11.0 Å². The third-order valence-corrected chi connectivity index (χ3v) is 8.15. The summed E-state index contributed by atoms with van der Waals surface area (Å²) in [4.78, 5) is 19.7. The molecule has 0 aliphatic rings. The van der Waals surface area contributed by atoms with Crippen molar-refractivity contribution in [3.8, 4) is 68.1 Å². The van der Waals surface area contributed by atoms with E-state index in [4.69, 9.17) is 15.0 Å². The van der Waals surface area contributed by atoms with Crippen LogP contribution in [0.15, 0.2) is 121 Å². The predicted octanol–water partition coefficient (Wildman–Crippen LogP) is 9.19. The topological polar surface area (TPSA) is 96.8 Å². The molecule has 0 spiro atoms. The Bertz CT molecular complexity index is 2270. The fourth-order valence-corrected chi connectivity index (χ4v) is 5.71. The molecule has 7 rings (SSSR count). The van der Waals surface area contributed by atoms with Crippen LogP contribution in [-0.2, 0) is 26.5 Å². The summed E-state index contributed by atoms with van der Waals surface area (Å²) in [6, 6.07) is 39.5. The standard InChI is InChI=1S/C40H30N5O.Pt/c1-40(2,3)29-17-18-35(46)31(23-29)39-44-32-16-10-15-30(37(32)45-39)38-36(26-13-8-5-9-14-26)28(24-41)22-34(43-38)33-21-27(19-20-42-33)25-11-6-4-7-12-25;/h4-23H,1-3H3,(H-,42,43,44,45,46);/q-1;. The molecule has 3 heterocycles. The van der Waals surface area contributed by atoms with E-state index in [2.05, 4.69) is 44.0 Å². The molecule has 0 radical (unpaired) electrons. The molecule has 0 saturated heterocycles. The van der Waals surface area contributed by atoms with E-state index >= 15 is 0 Å². The van der Waals surface area contributed by atoms with Crippen molar-refractivity contribution in [2.75, 3.05) is 0 Å². The molecule has 0 fully saturated rings. The first-order valence-electron chi connectivity index (χ1n) is 15.1. The maximum absolute atomic E-state index is 10.9. The van der Waals surface area contributed by atoms with Crippen LogP contribution in [0.1, 0.15) is 31.9 Å². The minimum absolute atomic E-state index is 0.